The first-order valence-electron chi connectivity index (χ1n) is 6.51. The number of nitrogens with zero attached hydrogens (tertiary/aromatic N) is 1. The minimum atomic E-state index is -1.22. The lowest BCUT2D eigenvalue weighted by molar-refractivity contribution is -0.149. The van der Waals surface area contributed by atoms with Gasteiger partial charge < -0.3 is 5.11 Å². The molecule has 2 N–H and O–H groups in total. The fraction of sp³-hybridized carbons (Fsp3) is 0.400. The Labute approximate surface area is 123 Å². The molecule has 0 unspecified atom stereocenters. The number of hydrogen-bond donors (Lipinski definition) is 2. The summed E-state index contributed by atoms with van der Waals surface area (Å²) in [4.78, 5) is 36.1. The summed E-state index contributed by atoms with van der Waals surface area (Å²) in [6, 6.07) is 6.68. The number of carboxylic acids is 1. The standard InChI is InChI=1S/C15H20N2O4/c1-10-7-5-6-8-11(10)17(4)14(21)16-12(18)9-15(2,3)13(19)20/h5-8H,9H2,1-4H3,(H,19,20)(H,16,18,21). The second-order valence-corrected chi connectivity index (χ2v) is 5.56. The third kappa shape index (κ3) is 4.30. The van der Waals surface area contributed by atoms with E-state index >= 15 is 0 Å². The maximum atomic E-state index is 12.0. The predicted octanol–water partition coefficient (Wildman–Crippen LogP) is 2.17. The summed E-state index contributed by atoms with van der Waals surface area (Å²) in [7, 11) is 1.55. The highest BCUT2D eigenvalue weighted by Crippen LogP contribution is 2.21. The molecule has 1 rings (SSSR count). The van der Waals surface area contributed by atoms with Gasteiger partial charge in [-0.25, -0.2) is 4.79 Å². The van der Waals surface area contributed by atoms with Crippen LogP contribution >= 0.6 is 0 Å². The minimum Gasteiger partial charge on any atom is -0.481 e. The third-order valence-electron chi connectivity index (χ3n) is 3.21. The number of carbonyl (C=O) groups excluding carboxylic acids is 2. The number of carboxylic acid groups (broad SMARTS) is 1. The maximum absolute atomic E-state index is 12.0. The Morgan fingerprint density at radius 3 is 2.33 bits per heavy atom. The zero-order valence-electron chi connectivity index (χ0n) is 12.6. The molecule has 6 heteroatoms. The third-order valence-corrected chi connectivity index (χ3v) is 3.21. The molecule has 0 saturated carbocycles. The molecule has 0 atom stereocenters. The molecule has 0 heterocycles. The zero-order valence-corrected chi connectivity index (χ0v) is 12.6. The van der Waals surface area contributed by atoms with Gasteiger partial charge in [-0.3, -0.25) is 19.8 Å². The second kappa shape index (κ2) is 6.39. The van der Waals surface area contributed by atoms with E-state index in [0.717, 1.165) is 5.56 Å². The molecule has 0 aliphatic heterocycles. The van der Waals surface area contributed by atoms with Gasteiger partial charge in [0.25, 0.3) is 0 Å². The number of benzene rings is 1. The van der Waals surface area contributed by atoms with E-state index in [1.54, 1.807) is 19.2 Å². The van der Waals surface area contributed by atoms with Crippen LogP contribution in [0, 0.1) is 12.3 Å². The Morgan fingerprint density at radius 1 is 1.24 bits per heavy atom. The number of aryl methyl sites for hydroxylation is 1. The van der Waals surface area contributed by atoms with Crippen molar-refractivity contribution < 1.29 is 19.5 Å². The number of para-hydroxylation sites is 1. The van der Waals surface area contributed by atoms with Crippen molar-refractivity contribution >= 4 is 23.6 Å². The minimum absolute atomic E-state index is 0.268. The van der Waals surface area contributed by atoms with Gasteiger partial charge in [-0.15, -0.1) is 0 Å². The number of hydrogen-bond acceptors (Lipinski definition) is 3. The van der Waals surface area contributed by atoms with Crippen LogP contribution in [0.15, 0.2) is 24.3 Å². The van der Waals surface area contributed by atoms with E-state index < -0.39 is 23.3 Å². The number of aliphatic carboxylic acids is 1. The van der Waals surface area contributed by atoms with Crippen molar-refractivity contribution in [1.29, 1.82) is 0 Å². The van der Waals surface area contributed by atoms with Gasteiger partial charge in [-0.05, 0) is 32.4 Å². The van der Waals surface area contributed by atoms with E-state index in [1.807, 2.05) is 19.1 Å². The van der Waals surface area contributed by atoms with Gasteiger partial charge in [0.2, 0.25) is 5.91 Å². The summed E-state index contributed by atoms with van der Waals surface area (Å²) in [5.41, 5.74) is 0.361. The molecule has 3 amide bonds. The summed E-state index contributed by atoms with van der Waals surface area (Å²) in [5.74, 6) is -1.70. The topological polar surface area (TPSA) is 86.7 Å². The van der Waals surface area contributed by atoms with E-state index in [1.165, 1.54) is 18.7 Å². The lowest BCUT2D eigenvalue weighted by atomic mass is 9.89. The number of anilines is 1. The molecule has 0 saturated heterocycles. The zero-order chi connectivity index (χ0) is 16.2. The Morgan fingerprint density at radius 2 is 1.81 bits per heavy atom. The molecule has 114 valence electrons. The Bertz CT molecular complexity index is 567. The summed E-state index contributed by atoms with van der Waals surface area (Å²) in [5, 5.41) is 11.2. The fourth-order valence-electron chi connectivity index (χ4n) is 1.77. The van der Waals surface area contributed by atoms with Crippen LogP contribution in [0.3, 0.4) is 0 Å². The molecule has 0 aromatic heterocycles. The highest BCUT2D eigenvalue weighted by molar-refractivity contribution is 6.03. The van der Waals surface area contributed by atoms with Gasteiger partial charge in [0.1, 0.15) is 0 Å². The summed E-state index contributed by atoms with van der Waals surface area (Å²) >= 11 is 0. The molecule has 0 fully saturated rings. The second-order valence-electron chi connectivity index (χ2n) is 5.56. The molecule has 1 aromatic rings. The van der Waals surface area contributed by atoms with Crippen molar-refractivity contribution in [1.82, 2.24) is 5.32 Å². The number of rotatable bonds is 4. The SMILES string of the molecule is Cc1ccccc1N(C)C(=O)NC(=O)CC(C)(C)C(=O)O. The first kappa shape index (κ1) is 16.7. The van der Waals surface area contributed by atoms with Crippen LogP contribution in [-0.4, -0.2) is 30.1 Å². The number of urea groups is 1. The molecule has 1 aromatic carbocycles. The normalized spacial score (nSPS) is 10.9. The lowest BCUT2D eigenvalue weighted by Crippen LogP contribution is -2.43. The molecule has 0 aliphatic carbocycles. The van der Waals surface area contributed by atoms with Crippen molar-refractivity contribution in [3.05, 3.63) is 29.8 Å². The largest absolute Gasteiger partial charge is 0.481 e. The van der Waals surface area contributed by atoms with Gasteiger partial charge in [0, 0.05) is 19.2 Å². The van der Waals surface area contributed by atoms with E-state index in [0.29, 0.717) is 5.69 Å². The van der Waals surface area contributed by atoms with Crippen molar-refractivity contribution in [2.24, 2.45) is 5.41 Å². The molecule has 0 spiro atoms. The molecule has 0 bridgehead atoms. The van der Waals surface area contributed by atoms with Crippen molar-refractivity contribution in [3.63, 3.8) is 0 Å². The van der Waals surface area contributed by atoms with E-state index in [4.69, 9.17) is 5.11 Å². The first-order chi connectivity index (χ1) is 9.65. The molecular weight excluding hydrogens is 272 g/mol. The van der Waals surface area contributed by atoms with E-state index in [-0.39, 0.29) is 6.42 Å². The fourth-order valence-corrected chi connectivity index (χ4v) is 1.77. The van der Waals surface area contributed by atoms with Crippen molar-refractivity contribution in [2.45, 2.75) is 27.2 Å². The molecule has 0 radical (unpaired) electrons. The highest BCUT2D eigenvalue weighted by Gasteiger charge is 2.31. The highest BCUT2D eigenvalue weighted by atomic mass is 16.4. The molecule has 0 aliphatic rings. The van der Waals surface area contributed by atoms with E-state index in [9.17, 15) is 14.4 Å². The number of carbonyl (C=O) groups is 3. The van der Waals surface area contributed by atoms with Gasteiger partial charge in [-0.1, -0.05) is 18.2 Å². The Hall–Kier alpha value is -2.37. The average molecular weight is 292 g/mol. The van der Waals surface area contributed by atoms with Crippen molar-refractivity contribution in [2.75, 3.05) is 11.9 Å². The van der Waals surface area contributed by atoms with Gasteiger partial charge >= 0.3 is 12.0 Å². The number of imide groups is 1. The van der Waals surface area contributed by atoms with Crippen LogP contribution in [0.4, 0.5) is 10.5 Å². The first-order valence-corrected chi connectivity index (χ1v) is 6.51. The smallest absolute Gasteiger partial charge is 0.328 e. The van der Waals surface area contributed by atoms with E-state index in [2.05, 4.69) is 5.32 Å². The summed E-state index contributed by atoms with van der Waals surface area (Å²) in [6.07, 6.45) is -0.268. The molecule has 6 nitrogen and oxygen atoms in total. The maximum Gasteiger partial charge on any atom is 0.328 e. The van der Waals surface area contributed by atoms with Gasteiger partial charge in [-0.2, -0.15) is 0 Å². The van der Waals surface area contributed by atoms with Crippen LogP contribution in [0.1, 0.15) is 25.8 Å². The van der Waals surface area contributed by atoms with Gasteiger partial charge in [0.05, 0.1) is 5.41 Å². The molecule has 21 heavy (non-hydrogen) atoms. The monoisotopic (exact) mass is 292 g/mol. The quantitative estimate of drug-likeness (QED) is 0.890. The number of amides is 3. The number of nitrogens with one attached hydrogen (secondary N) is 1. The lowest BCUT2D eigenvalue weighted by Gasteiger charge is -2.21. The summed E-state index contributed by atoms with van der Waals surface area (Å²) < 4.78 is 0. The van der Waals surface area contributed by atoms with Crippen LogP contribution < -0.4 is 10.2 Å². The Kier molecular flexibility index (Phi) is 5.07. The van der Waals surface area contributed by atoms with Gasteiger partial charge in [0.15, 0.2) is 0 Å². The van der Waals surface area contributed by atoms with Crippen LogP contribution in [0.25, 0.3) is 0 Å². The average Bonchev–Trinajstić information content (AvgIpc) is 2.37. The van der Waals surface area contributed by atoms with Crippen LogP contribution in [0.5, 0.6) is 0 Å². The predicted molar refractivity (Wildman–Crippen MR) is 79.2 cm³/mol. The van der Waals surface area contributed by atoms with Crippen molar-refractivity contribution in [3.8, 4) is 0 Å². The Balaban J connectivity index is 2.71. The van der Waals surface area contributed by atoms with Crippen LogP contribution in [0.2, 0.25) is 0 Å². The van der Waals surface area contributed by atoms with Crippen LogP contribution in [-0.2, 0) is 9.59 Å². The summed E-state index contributed by atoms with van der Waals surface area (Å²) in [6.45, 7) is 4.73. The molecular formula is C15H20N2O4.